The lowest BCUT2D eigenvalue weighted by molar-refractivity contribution is -0.0323. The fraction of sp³-hybridized carbons (Fsp3) is 0.619. The van der Waals surface area contributed by atoms with E-state index in [1.807, 2.05) is 18.2 Å². The zero-order valence-corrected chi connectivity index (χ0v) is 14.0. The van der Waals surface area contributed by atoms with Gasteiger partial charge in [0.05, 0.1) is 6.10 Å². The summed E-state index contributed by atoms with van der Waals surface area (Å²) < 4.78 is 0. The van der Waals surface area contributed by atoms with Crippen molar-refractivity contribution in [3.63, 3.8) is 0 Å². The Morgan fingerprint density at radius 1 is 1.35 bits per heavy atom. The fourth-order valence-electron chi connectivity index (χ4n) is 6.16. The standard InChI is InChI=1S/C21H28O2/c1-3-4-14-12-19-18-7-5-13-11-15(22)6-8-16(13)17(18)9-10-21(19,2)20(14)23/h3,6,8,11,14,17-20,22-23H,1,4-5,7,9-10,12H2,2H3/t14-,17-,18-,19+,20-,21+/m1/s1. The third-order valence-electron chi connectivity index (χ3n) is 7.30. The van der Waals surface area contributed by atoms with Gasteiger partial charge in [-0.25, -0.2) is 0 Å². The summed E-state index contributed by atoms with van der Waals surface area (Å²) in [7, 11) is 0. The summed E-state index contributed by atoms with van der Waals surface area (Å²) in [6.45, 7) is 6.21. The number of aryl methyl sites for hydroxylation is 1. The third kappa shape index (κ3) is 2.18. The first-order chi connectivity index (χ1) is 11.0. The van der Waals surface area contributed by atoms with Gasteiger partial charge in [0.25, 0.3) is 0 Å². The first-order valence-electron chi connectivity index (χ1n) is 9.15. The molecule has 2 nitrogen and oxygen atoms in total. The number of aliphatic hydroxyl groups is 1. The Kier molecular flexibility index (Phi) is 3.57. The molecule has 0 heterocycles. The molecule has 0 saturated heterocycles. The molecule has 0 bridgehead atoms. The molecular weight excluding hydrogens is 284 g/mol. The second-order valence-corrected chi connectivity index (χ2v) is 8.31. The maximum Gasteiger partial charge on any atom is 0.115 e. The van der Waals surface area contributed by atoms with Crippen LogP contribution in [-0.4, -0.2) is 16.3 Å². The molecule has 2 N–H and O–H groups in total. The Bertz CT molecular complexity index is 622. The van der Waals surface area contributed by atoms with Crippen LogP contribution >= 0.6 is 0 Å². The Morgan fingerprint density at radius 2 is 2.17 bits per heavy atom. The van der Waals surface area contributed by atoms with Crippen LogP contribution in [-0.2, 0) is 6.42 Å². The van der Waals surface area contributed by atoms with Crippen molar-refractivity contribution >= 4 is 0 Å². The normalized spacial score (nSPS) is 41.7. The van der Waals surface area contributed by atoms with E-state index < -0.39 is 0 Å². The van der Waals surface area contributed by atoms with Crippen molar-refractivity contribution in [1.29, 1.82) is 0 Å². The molecule has 0 amide bonds. The molecule has 2 heteroatoms. The number of aromatic hydroxyl groups is 1. The molecule has 3 aliphatic carbocycles. The zero-order valence-electron chi connectivity index (χ0n) is 14.0. The van der Waals surface area contributed by atoms with Gasteiger partial charge in [0.1, 0.15) is 5.75 Å². The molecule has 6 atom stereocenters. The van der Waals surface area contributed by atoms with Crippen LogP contribution in [0.15, 0.2) is 30.9 Å². The molecule has 124 valence electrons. The van der Waals surface area contributed by atoms with Crippen molar-refractivity contribution in [2.45, 2.75) is 57.5 Å². The quantitative estimate of drug-likeness (QED) is 0.794. The summed E-state index contributed by atoms with van der Waals surface area (Å²) in [4.78, 5) is 0. The molecule has 2 saturated carbocycles. The van der Waals surface area contributed by atoms with Crippen molar-refractivity contribution in [2.24, 2.45) is 23.2 Å². The van der Waals surface area contributed by atoms with Gasteiger partial charge in [-0.15, -0.1) is 6.58 Å². The molecule has 23 heavy (non-hydrogen) atoms. The van der Waals surface area contributed by atoms with E-state index in [2.05, 4.69) is 19.6 Å². The summed E-state index contributed by atoms with van der Waals surface area (Å²) >= 11 is 0. The Morgan fingerprint density at radius 3 is 2.96 bits per heavy atom. The number of allylic oxidation sites excluding steroid dienone is 1. The minimum absolute atomic E-state index is 0.0866. The minimum Gasteiger partial charge on any atom is -0.508 e. The number of rotatable bonds is 2. The van der Waals surface area contributed by atoms with Crippen molar-refractivity contribution in [1.82, 2.24) is 0 Å². The number of hydrogen-bond acceptors (Lipinski definition) is 2. The molecule has 0 aromatic heterocycles. The van der Waals surface area contributed by atoms with Gasteiger partial charge >= 0.3 is 0 Å². The lowest BCUT2D eigenvalue weighted by Crippen LogP contribution is -2.44. The van der Waals surface area contributed by atoms with Gasteiger partial charge in [0, 0.05) is 0 Å². The molecule has 0 radical (unpaired) electrons. The van der Waals surface area contributed by atoms with Crippen LogP contribution in [0.2, 0.25) is 0 Å². The largest absolute Gasteiger partial charge is 0.508 e. The first-order valence-corrected chi connectivity index (χ1v) is 9.15. The molecule has 1 aromatic carbocycles. The highest BCUT2D eigenvalue weighted by atomic mass is 16.3. The Hall–Kier alpha value is -1.28. The second-order valence-electron chi connectivity index (χ2n) is 8.31. The van der Waals surface area contributed by atoms with E-state index in [4.69, 9.17) is 0 Å². The van der Waals surface area contributed by atoms with Gasteiger partial charge in [-0.1, -0.05) is 19.1 Å². The zero-order chi connectivity index (χ0) is 16.2. The van der Waals surface area contributed by atoms with Gasteiger partial charge in [0.2, 0.25) is 0 Å². The van der Waals surface area contributed by atoms with E-state index in [-0.39, 0.29) is 11.5 Å². The predicted molar refractivity (Wildman–Crippen MR) is 92.4 cm³/mol. The van der Waals surface area contributed by atoms with Gasteiger partial charge in [0.15, 0.2) is 0 Å². The smallest absolute Gasteiger partial charge is 0.115 e. The molecule has 2 fully saturated rings. The fourth-order valence-corrected chi connectivity index (χ4v) is 6.16. The number of fused-ring (bicyclic) bond motifs is 5. The third-order valence-corrected chi connectivity index (χ3v) is 7.30. The van der Waals surface area contributed by atoms with Crippen molar-refractivity contribution in [3.8, 4) is 5.75 Å². The molecule has 0 aliphatic heterocycles. The summed E-state index contributed by atoms with van der Waals surface area (Å²) in [5.74, 6) is 2.72. The number of phenols is 1. The van der Waals surface area contributed by atoms with Crippen LogP contribution in [0, 0.1) is 23.2 Å². The van der Waals surface area contributed by atoms with Gasteiger partial charge in [-0.2, -0.15) is 0 Å². The van der Waals surface area contributed by atoms with Crippen LogP contribution < -0.4 is 0 Å². The molecule has 1 aromatic rings. The van der Waals surface area contributed by atoms with Crippen LogP contribution in [0.1, 0.15) is 56.1 Å². The summed E-state index contributed by atoms with van der Waals surface area (Å²) in [5.41, 5.74) is 2.89. The number of benzene rings is 1. The molecular formula is C21H28O2. The van der Waals surface area contributed by atoms with Crippen molar-refractivity contribution in [3.05, 3.63) is 42.0 Å². The van der Waals surface area contributed by atoms with Crippen molar-refractivity contribution < 1.29 is 10.2 Å². The predicted octanol–water partition coefficient (Wildman–Crippen LogP) is 4.41. The molecule has 3 aliphatic rings. The minimum atomic E-state index is -0.173. The monoisotopic (exact) mass is 312 g/mol. The lowest BCUT2D eigenvalue weighted by Gasteiger charge is -2.50. The Labute approximate surface area is 139 Å². The van der Waals surface area contributed by atoms with E-state index in [1.165, 1.54) is 24.0 Å². The second kappa shape index (κ2) is 5.37. The topological polar surface area (TPSA) is 40.5 Å². The van der Waals surface area contributed by atoms with Gasteiger partial charge < -0.3 is 10.2 Å². The molecule has 0 unspecified atom stereocenters. The first kappa shape index (κ1) is 15.3. The maximum absolute atomic E-state index is 10.9. The Balaban J connectivity index is 1.67. The van der Waals surface area contributed by atoms with E-state index in [0.717, 1.165) is 25.7 Å². The molecule has 4 rings (SSSR count). The van der Waals surface area contributed by atoms with Gasteiger partial charge in [-0.3, -0.25) is 0 Å². The number of aliphatic hydroxyl groups excluding tert-OH is 1. The average molecular weight is 312 g/mol. The summed E-state index contributed by atoms with van der Waals surface area (Å²) in [6.07, 6.45) is 8.46. The number of hydrogen-bond donors (Lipinski definition) is 2. The van der Waals surface area contributed by atoms with E-state index in [0.29, 0.717) is 29.4 Å². The highest BCUT2D eigenvalue weighted by molar-refractivity contribution is 5.40. The van der Waals surface area contributed by atoms with Crippen molar-refractivity contribution in [2.75, 3.05) is 0 Å². The van der Waals surface area contributed by atoms with Crippen LogP contribution in [0.5, 0.6) is 5.75 Å². The van der Waals surface area contributed by atoms with Crippen LogP contribution in [0.25, 0.3) is 0 Å². The summed E-state index contributed by atoms with van der Waals surface area (Å²) in [5, 5.41) is 20.7. The van der Waals surface area contributed by atoms with Crippen LogP contribution in [0.3, 0.4) is 0 Å². The van der Waals surface area contributed by atoms with E-state index >= 15 is 0 Å². The SMILES string of the molecule is C=CC[C@@H]1C[C@H]2[C@@H]3CCc4cc(O)ccc4[C@H]3CC[C@]2(C)[C@@H]1O. The highest BCUT2D eigenvalue weighted by Crippen LogP contribution is 2.62. The molecule has 0 spiro atoms. The number of phenolic OH excluding ortho intramolecular Hbond substituents is 1. The van der Waals surface area contributed by atoms with E-state index in [9.17, 15) is 10.2 Å². The van der Waals surface area contributed by atoms with E-state index in [1.54, 1.807) is 0 Å². The highest BCUT2D eigenvalue weighted by Gasteiger charge is 2.57. The summed E-state index contributed by atoms with van der Waals surface area (Å²) in [6, 6.07) is 5.96. The van der Waals surface area contributed by atoms with Gasteiger partial charge in [-0.05, 0) is 90.9 Å². The van der Waals surface area contributed by atoms with Crippen LogP contribution in [0.4, 0.5) is 0 Å². The maximum atomic E-state index is 10.9. The average Bonchev–Trinajstić information content (AvgIpc) is 2.79. The lowest BCUT2D eigenvalue weighted by atomic mass is 9.55.